The van der Waals surface area contributed by atoms with Crippen LogP contribution >= 0.6 is 0 Å². The largest absolute Gasteiger partial charge is 0.508 e. The van der Waals surface area contributed by atoms with Gasteiger partial charge in [-0.05, 0) is 34.4 Å². The molecule has 1 aromatic rings. The Morgan fingerprint density at radius 3 is 1.90 bits per heavy atom. The van der Waals surface area contributed by atoms with E-state index in [-0.39, 0.29) is 17.3 Å². The van der Waals surface area contributed by atoms with Crippen LogP contribution in [-0.2, 0) is 22.0 Å². The van der Waals surface area contributed by atoms with Crippen molar-refractivity contribution in [3.8, 4) is 5.75 Å². The number of carboxylic acids is 1. The van der Waals surface area contributed by atoms with Crippen LogP contribution < -0.4 is 0 Å². The molecule has 0 aliphatic carbocycles. The molecule has 0 saturated carbocycles. The number of aliphatic carboxylic acids is 1. The van der Waals surface area contributed by atoms with Crippen molar-refractivity contribution in [2.45, 2.75) is 65.2 Å². The van der Waals surface area contributed by atoms with Crippen molar-refractivity contribution < 1.29 is 15.0 Å². The fraction of sp³-hybridized carbons (Fsp3) is 0.588. The number of phenols is 1. The molecular formula is C17H26O3. The minimum atomic E-state index is -0.796. The third-order valence-corrected chi connectivity index (χ3v) is 3.38. The summed E-state index contributed by atoms with van der Waals surface area (Å²) in [5, 5.41) is 19.2. The SMILES string of the molecule is CC(C)(C)c1c(O)ccc(CCC(=O)O)c1C(C)(C)C. The third-order valence-electron chi connectivity index (χ3n) is 3.38. The minimum Gasteiger partial charge on any atom is -0.508 e. The molecule has 0 unspecified atom stereocenters. The highest BCUT2D eigenvalue weighted by Crippen LogP contribution is 2.41. The quantitative estimate of drug-likeness (QED) is 0.878. The predicted molar refractivity (Wildman–Crippen MR) is 81.5 cm³/mol. The van der Waals surface area contributed by atoms with Crippen LogP contribution in [0.4, 0.5) is 0 Å². The van der Waals surface area contributed by atoms with E-state index in [0.717, 1.165) is 16.7 Å². The Hall–Kier alpha value is -1.51. The lowest BCUT2D eigenvalue weighted by Gasteiger charge is -2.33. The summed E-state index contributed by atoms with van der Waals surface area (Å²) < 4.78 is 0. The first kappa shape index (κ1) is 16.5. The van der Waals surface area contributed by atoms with Crippen LogP contribution in [0, 0.1) is 0 Å². The zero-order valence-electron chi connectivity index (χ0n) is 13.4. The molecule has 1 aromatic carbocycles. The van der Waals surface area contributed by atoms with Crippen LogP contribution in [0.25, 0.3) is 0 Å². The molecule has 1 rings (SSSR count). The highest BCUT2D eigenvalue weighted by molar-refractivity contribution is 5.67. The van der Waals surface area contributed by atoms with E-state index in [1.54, 1.807) is 6.07 Å². The first-order valence-electron chi connectivity index (χ1n) is 7.02. The van der Waals surface area contributed by atoms with Gasteiger partial charge < -0.3 is 10.2 Å². The number of benzene rings is 1. The summed E-state index contributed by atoms with van der Waals surface area (Å²) in [6, 6.07) is 3.54. The van der Waals surface area contributed by atoms with E-state index in [1.165, 1.54) is 0 Å². The van der Waals surface area contributed by atoms with Crippen LogP contribution in [0.5, 0.6) is 5.75 Å². The molecule has 0 fully saturated rings. The average Bonchev–Trinajstić information content (AvgIpc) is 2.23. The maximum atomic E-state index is 10.8. The molecule has 3 heteroatoms. The van der Waals surface area contributed by atoms with Gasteiger partial charge >= 0.3 is 5.97 Å². The fourth-order valence-electron chi connectivity index (χ4n) is 2.70. The molecule has 3 nitrogen and oxygen atoms in total. The molecule has 112 valence electrons. The summed E-state index contributed by atoms with van der Waals surface area (Å²) in [5.74, 6) is -0.503. The second kappa shape index (κ2) is 5.47. The number of rotatable bonds is 3. The normalized spacial score (nSPS) is 12.5. The van der Waals surface area contributed by atoms with Gasteiger partial charge in [0.15, 0.2) is 0 Å². The predicted octanol–water partition coefficient (Wildman–Crippen LogP) is 4.00. The number of carbonyl (C=O) groups is 1. The Labute approximate surface area is 121 Å². The highest BCUT2D eigenvalue weighted by atomic mass is 16.4. The second-order valence-corrected chi connectivity index (χ2v) is 7.39. The molecule has 0 aliphatic rings. The van der Waals surface area contributed by atoms with E-state index < -0.39 is 5.97 Å². The van der Waals surface area contributed by atoms with E-state index >= 15 is 0 Å². The van der Waals surface area contributed by atoms with E-state index in [9.17, 15) is 9.90 Å². The van der Waals surface area contributed by atoms with Gasteiger partial charge in [0.1, 0.15) is 5.75 Å². The molecule has 0 aliphatic heterocycles. The first-order chi connectivity index (χ1) is 8.94. The van der Waals surface area contributed by atoms with Gasteiger partial charge in [-0.25, -0.2) is 0 Å². The van der Waals surface area contributed by atoms with Crippen LogP contribution in [-0.4, -0.2) is 16.2 Å². The third kappa shape index (κ3) is 3.75. The van der Waals surface area contributed by atoms with E-state index in [0.29, 0.717) is 12.2 Å². The van der Waals surface area contributed by atoms with Gasteiger partial charge in [0.25, 0.3) is 0 Å². The van der Waals surface area contributed by atoms with Gasteiger partial charge in [-0.15, -0.1) is 0 Å². The Morgan fingerprint density at radius 1 is 1.00 bits per heavy atom. The second-order valence-electron chi connectivity index (χ2n) is 7.39. The Balaban J connectivity index is 3.50. The van der Waals surface area contributed by atoms with Crippen molar-refractivity contribution in [3.63, 3.8) is 0 Å². The fourth-order valence-corrected chi connectivity index (χ4v) is 2.70. The van der Waals surface area contributed by atoms with Crippen molar-refractivity contribution >= 4 is 5.97 Å². The topological polar surface area (TPSA) is 57.5 Å². The maximum Gasteiger partial charge on any atom is 0.303 e. The van der Waals surface area contributed by atoms with Gasteiger partial charge in [0.05, 0.1) is 0 Å². The molecule has 0 atom stereocenters. The standard InChI is InChI=1S/C17H26O3/c1-16(2,3)14-11(8-10-13(19)20)7-9-12(18)15(14)17(4,5)6/h7,9,18H,8,10H2,1-6H3,(H,19,20). The zero-order chi connectivity index (χ0) is 15.7. The van der Waals surface area contributed by atoms with Gasteiger partial charge in [0, 0.05) is 12.0 Å². The molecule has 0 radical (unpaired) electrons. The highest BCUT2D eigenvalue weighted by Gasteiger charge is 2.30. The number of aromatic hydroxyl groups is 1. The Morgan fingerprint density at radius 2 is 1.50 bits per heavy atom. The van der Waals surface area contributed by atoms with Gasteiger partial charge in [0.2, 0.25) is 0 Å². The molecule has 20 heavy (non-hydrogen) atoms. The molecule has 0 aromatic heterocycles. The van der Waals surface area contributed by atoms with Gasteiger partial charge in [-0.1, -0.05) is 47.6 Å². The number of hydrogen-bond donors (Lipinski definition) is 2. The average molecular weight is 278 g/mol. The molecule has 2 N–H and O–H groups in total. The monoisotopic (exact) mass is 278 g/mol. The van der Waals surface area contributed by atoms with Gasteiger partial charge in [-0.3, -0.25) is 4.79 Å². The van der Waals surface area contributed by atoms with Crippen molar-refractivity contribution in [1.82, 2.24) is 0 Å². The molecule has 0 saturated heterocycles. The number of hydrogen-bond acceptors (Lipinski definition) is 2. The molecule has 0 spiro atoms. The van der Waals surface area contributed by atoms with Crippen molar-refractivity contribution in [2.24, 2.45) is 0 Å². The smallest absolute Gasteiger partial charge is 0.303 e. The van der Waals surface area contributed by atoms with Crippen LogP contribution in [0.2, 0.25) is 0 Å². The summed E-state index contributed by atoms with van der Waals surface area (Å²) >= 11 is 0. The minimum absolute atomic E-state index is 0.109. The van der Waals surface area contributed by atoms with Gasteiger partial charge in [-0.2, -0.15) is 0 Å². The molecular weight excluding hydrogens is 252 g/mol. The van der Waals surface area contributed by atoms with E-state index in [2.05, 4.69) is 41.5 Å². The van der Waals surface area contributed by atoms with Crippen molar-refractivity contribution in [2.75, 3.05) is 0 Å². The van der Waals surface area contributed by atoms with E-state index in [1.807, 2.05) is 6.07 Å². The van der Waals surface area contributed by atoms with E-state index in [4.69, 9.17) is 5.11 Å². The summed E-state index contributed by atoms with van der Waals surface area (Å²) in [5.41, 5.74) is 2.68. The summed E-state index contributed by atoms with van der Waals surface area (Å²) in [6.45, 7) is 12.5. The number of carboxylic acid groups (broad SMARTS) is 1. The van der Waals surface area contributed by atoms with Crippen LogP contribution in [0.3, 0.4) is 0 Å². The molecule has 0 bridgehead atoms. The Bertz CT molecular complexity index is 502. The Kier molecular flexibility index (Phi) is 4.52. The summed E-state index contributed by atoms with van der Waals surface area (Å²) in [6.07, 6.45) is 0.600. The van der Waals surface area contributed by atoms with Crippen LogP contribution in [0.1, 0.15) is 64.7 Å². The summed E-state index contributed by atoms with van der Waals surface area (Å²) in [7, 11) is 0. The first-order valence-corrected chi connectivity index (χ1v) is 7.02. The molecule has 0 heterocycles. The van der Waals surface area contributed by atoms with Crippen molar-refractivity contribution in [3.05, 3.63) is 28.8 Å². The lowest BCUT2D eigenvalue weighted by molar-refractivity contribution is -0.136. The van der Waals surface area contributed by atoms with Crippen LogP contribution in [0.15, 0.2) is 12.1 Å². The van der Waals surface area contributed by atoms with Crippen molar-refractivity contribution in [1.29, 1.82) is 0 Å². The lowest BCUT2D eigenvalue weighted by atomic mass is 9.72. The lowest BCUT2D eigenvalue weighted by Crippen LogP contribution is -2.24. The maximum absolute atomic E-state index is 10.8. The number of phenolic OH excluding ortho intramolecular Hbond substituents is 1. The molecule has 0 amide bonds. The zero-order valence-corrected chi connectivity index (χ0v) is 13.4. The number of aryl methyl sites for hydroxylation is 1. The summed E-state index contributed by atoms with van der Waals surface area (Å²) in [4.78, 5) is 10.8.